The number of piperidine rings is 1. The van der Waals surface area contributed by atoms with E-state index >= 15 is 0 Å². The quantitative estimate of drug-likeness (QED) is 0.692. The first-order chi connectivity index (χ1) is 14.3. The minimum atomic E-state index is -0.577. The fourth-order valence-electron chi connectivity index (χ4n) is 8.23. The molecule has 1 N–H and O–H groups in total. The molecule has 3 aliphatic carbocycles. The third kappa shape index (κ3) is 2.93. The van der Waals surface area contributed by atoms with Gasteiger partial charge >= 0.3 is 0 Å². The molecule has 3 saturated carbocycles. The first kappa shape index (κ1) is 20.1. The van der Waals surface area contributed by atoms with Gasteiger partial charge in [-0.15, -0.1) is 0 Å². The van der Waals surface area contributed by atoms with Crippen LogP contribution in [0.5, 0.6) is 0 Å². The van der Waals surface area contributed by atoms with Crippen LogP contribution in [-0.2, 0) is 9.59 Å². The average molecular weight is 409 g/mol. The molecule has 1 heterocycles. The van der Waals surface area contributed by atoms with Crippen LogP contribution in [-0.4, -0.2) is 29.8 Å². The van der Waals surface area contributed by atoms with Crippen LogP contribution >= 0.6 is 0 Å². The number of nitrogens with one attached hydrogen (secondary N) is 1. The van der Waals surface area contributed by atoms with E-state index in [1.54, 1.807) is 0 Å². The van der Waals surface area contributed by atoms with Gasteiger partial charge in [-0.05, 0) is 85.7 Å². The van der Waals surface area contributed by atoms with Crippen molar-refractivity contribution in [2.24, 2.45) is 34.5 Å². The molecular weight excluding hydrogens is 372 g/mol. The third-order valence-corrected chi connectivity index (χ3v) is 9.72. The number of fused-ring (bicyclic) bond motifs is 5. The summed E-state index contributed by atoms with van der Waals surface area (Å²) in [5.74, 6) is 1.54. The van der Waals surface area contributed by atoms with E-state index in [2.05, 4.69) is 19.2 Å². The minimum Gasteiger partial charge on any atom is -0.342 e. The van der Waals surface area contributed by atoms with E-state index in [1.807, 2.05) is 42.3 Å². The minimum absolute atomic E-state index is 0.00544. The maximum atomic E-state index is 13.2. The molecule has 162 valence electrons. The van der Waals surface area contributed by atoms with Crippen molar-refractivity contribution in [1.29, 1.82) is 0 Å². The summed E-state index contributed by atoms with van der Waals surface area (Å²) < 4.78 is 0. The molecule has 2 unspecified atom stereocenters. The third-order valence-electron chi connectivity index (χ3n) is 9.72. The zero-order valence-electron chi connectivity index (χ0n) is 18.7. The summed E-state index contributed by atoms with van der Waals surface area (Å²) in [6.07, 6.45) is 9.78. The number of carbonyl (C=O) groups excluding carboxylic acids is 2. The molecule has 1 aromatic carbocycles. The van der Waals surface area contributed by atoms with Gasteiger partial charge < -0.3 is 10.2 Å². The number of benzene rings is 1. The summed E-state index contributed by atoms with van der Waals surface area (Å²) in [6.45, 7) is 4.93. The molecule has 30 heavy (non-hydrogen) atoms. The van der Waals surface area contributed by atoms with Crippen LogP contribution in [0.3, 0.4) is 0 Å². The predicted octanol–water partition coefficient (Wildman–Crippen LogP) is 5.10. The van der Waals surface area contributed by atoms with E-state index in [-0.39, 0.29) is 23.3 Å². The van der Waals surface area contributed by atoms with Gasteiger partial charge in [0.05, 0.1) is 0 Å². The van der Waals surface area contributed by atoms with Crippen LogP contribution in [0, 0.1) is 34.5 Å². The molecule has 7 atom stereocenters. The van der Waals surface area contributed by atoms with Crippen LogP contribution in [0.1, 0.15) is 65.2 Å². The highest BCUT2D eigenvalue weighted by molar-refractivity contribution is 6.07. The molecule has 2 amide bonds. The number of amides is 2. The Labute approximate surface area is 180 Å². The molecule has 1 aromatic rings. The summed E-state index contributed by atoms with van der Waals surface area (Å²) in [7, 11) is 1.94. The Kier molecular flexibility index (Phi) is 4.75. The Morgan fingerprint density at radius 3 is 2.57 bits per heavy atom. The van der Waals surface area contributed by atoms with Gasteiger partial charge in [-0.3, -0.25) is 9.59 Å². The molecule has 0 bridgehead atoms. The number of rotatable bonds is 2. The topological polar surface area (TPSA) is 49.4 Å². The molecule has 4 heteroatoms. The largest absolute Gasteiger partial charge is 0.342 e. The van der Waals surface area contributed by atoms with E-state index in [0.29, 0.717) is 17.8 Å². The fourth-order valence-corrected chi connectivity index (χ4v) is 8.23. The Hall–Kier alpha value is -1.84. The van der Waals surface area contributed by atoms with Crippen molar-refractivity contribution in [2.75, 3.05) is 12.4 Å². The van der Waals surface area contributed by atoms with Crippen molar-refractivity contribution < 1.29 is 9.59 Å². The first-order valence-corrected chi connectivity index (χ1v) is 12.0. The number of hydrogen-bond acceptors (Lipinski definition) is 2. The van der Waals surface area contributed by atoms with Gasteiger partial charge in [0.15, 0.2) is 0 Å². The first-order valence-electron chi connectivity index (χ1n) is 12.0. The van der Waals surface area contributed by atoms with E-state index < -0.39 is 5.92 Å². The number of anilines is 1. The van der Waals surface area contributed by atoms with Gasteiger partial charge in [0.25, 0.3) is 0 Å². The zero-order valence-corrected chi connectivity index (χ0v) is 18.7. The highest BCUT2D eigenvalue weighted by Crippen LogP contribution is 2.65. The SMILES string of the molecule is CN1C(=O)C(C(=O)Nc2ccccc2)C[C@@]2(C)C1CC[C@@H]1[C@H]2CC[C@]2(C)CCC[C@@H]12. The molecule has 0 radical (unpaired) electrons. The van der Waals surface area contributed by atoms with Gasteiger partial charge in [0.1, 0.15) is 5.92 Å². The van der Waals surface area contributed by atoms with Gasteiger partial charge in [0.2, 0.25) is 11.8 Å². The van der Waals surface area contributed by atoms with Crippen molar-refractivity contribution in [3.63, 3.8) is 0 Å². The van der Waals surface area contributed by atoms with Crippen LogP contribution in [0.2, 0.25) is 0 Å². The molecule has 1 saturated heterocycles. The standard InChI is InChI=1S/C26H36N2O2/c1-25-14-7-10-20(25)18-11-12-22-26(2,21(18)13-15-25)16-19(24(30)28(22)3)23(29)27-17-8-5-4-6-9-17/h4-6,8-9,18-22H,7,10-16H2,1-3H3,(H,27,29)/t18-,19?,20-,21+,22?,25-,26+/m0/s1. The lowest BCUT2D eigenvalue weighted by molar-refractivity contribution is -0.168. The van der Waals surface area contributed by atoms with Crippen LogP contribution < -0.4 is 5.32 Å². The maximum absolute atomic E-state index is 13.2. The molecule has 1 aliphatic heterocycles. The Morgan fingerprint density at radius 2 is 1.80 bits per heavy atom. The number of likely N-dealkylation sites (tertiary alicyclic amines) is 1. The summed E-state index contributed by atoms with van der Waals surface area (Å²) >= 11 is 0. The number of para-hydroxylation sites is 1. The number of carbonyl (C=O) groups is 2. The lowest BCUT2D eigenvalue weighted by Crippen LogP contribution is -2.64. The second kappa shape index (κ2) is 7.10. The molecule has 4 fully saturated rings. The summed E-state index contributed by atoms with van der Waals surface area (Å²) in [4.78, 5) is 28.3. The number of nitrogens with zero attached hydrogens (tertiary/aromatic N) is 1. The van der Waals surface area contributed by atoms with Gasteiger partial charge in [-0.2, -0.15) is 0 Å². The van der Waals surface area contributed by atoms with Crippen LogP contribution in [0.4, 0.5) is 5.69 Å². The lowest BCUT2D eigenvalue weighted by Gasteiger charge is -2.62. The van der Waals surface area contributed by atoms with Crippen molar-refractivity contribution in [2.45, 2.75) is 71.3 Å². The van der Waals surface area contributed by atoms with Gasteiger partial charge in [-0.1, -0.05) is 38.5 Å². The summed E-state index contributed by atoms with van der Waals surface area (Å²) in [6, 6.07) is 9.80. The average Bonchev–Trinajstić information content (AvgIpc) is 3.13. The lowest BCUT2D eigenvalue weighted by atomic mass is 9.47. The maximum Gasteiger partial charge on any atom is 0.236 e. The van der Waals surface area contributed by atoms with E-state index in [4.69, 9.17) is 0 Å². The second-order valence-corrected chi connectivity index (χ2v) is 11.1. The molecule has 4 aliphatic rings. The van der Waals surface area contributed by atoms with E-state index in [0.717, 1.165) is 23.9 Å². The van der Waals surface area contributed by atoms with Crippen molar-refractivity contribution in [1.82, 2.24) is 4.90 Å². The summed E-state index contributed by atoms with van der Waals surface area (Å²) in [5, 5.41) is 3.00. The predicted molar refractivity (Wildman–Crippen MR) is 119 cm³/mol. The van der Waals surface area contributed by atoms with Crippen molar-refractivity contribution >= 4 is 17.5 Å². The monoisotopic (exact) mass is 408 g/mol. The van der Waals surface area contributed by atoms with Gasteiger partial charge in [0, 0.05) is 18.8 Å². The number of hydrogen-bond donors (Lipinski definition) is 1. The Balaban J connectivity index is 1.42. The molecule has 4 nitrogen and oxygen atoms in total. The fraction of sp³-hybridized carbons (Fsp3) is 0.692. The highest BCUT2D eigenvalue weighted by atomic mass is 16.2. The van der Waals surface area contributed by atoms with Gasteiger partial charge in [-0.25, -0.2) is 0 Å². The molecule has 0 aromatic heterocycles. The normalized spacial score (nSPS) is 42.8. The molecular formula is C26H36N2O2. The van der Waals surface area contributed by atoms with Crippen LogP contribution in [0.25, 0.3) is 0 Å². The van der Waals surface area contributed by atoms with Crippen molar-refractivity contribution in [3.05, 3.63) is 30.3 Å². The van der Waals surface area contributed by atoms with E-state index in [9.17, 15) is 9.59 Å². The highest BCUT2D eigenvalue weighted by Gasteiger charge is 2.61. The molecule has 0 spiro atoms. The zero-order chi connectivity index (χ0) is 21.1. The Morgan fingerprint density at radius 1 is 1.03 bits per heavy atom. The van der Waals surface area contributed by atoms with Crippen LogP contribution in [0.15, 0.2) is 30.3 Å². The van der Waals surface area contributed by atoms with E-state index in [1.165, 1.54) is 38.5 Å². The smallest absolute Gasteiger partial charge is 0.236 e. The summed E-state index contributed by atoms with van der Waals surface area (Å²) in [5.41, 5.74) is 1.34. The molecule has 5 rings (SSSR count). The Bertz CT molecular complexity index is 839. The van der Waals surface area contributed by atoms with Crippen molar-refractivity contribution in [3.8, 4) is 0 Å². The second-order valence-electron chi connectivity index (χ2n) is 11.1.